The molecular weight excluding hydrogens is 306 g/mol. The van der Waals surface area contributed by atoms with E-state index in [1.807, 2.05) is 24.3 Å². The van der Waals surface area contributed by atoms with Gasteiger partial charge < -0.3 is 0 Å². The summed E-state index contributed by atoms with van der Waals surface area (Å²) in [6, 6.07) is 12.6. The van der Waals surface area contributed by atoms with Gasteiger partial charge in [0.15, 0.2) is 0 Å². The summed E-state index contributed by atoms with van der Waals surface area (Å²) in [4.78, 5) is 22.3. The highest BCUT2D eigenvalue weighted by atomic mass is 16.6. The minimum Gasteiger partial charge on any atom is -0.273 e. The molecule has 0 spiro atoms. The minimum atomic E-state index is -0.439. The number of rotatable bonds is 6. The number of hydrogen-bond donors (Lipinski definition) is 1. The van der Waals surface area contributed by atoms with Crippen molar-refractivity contribution < 1.29 is 9.72 Å². The first kappa shape index (κ1) is 17.3. The zero-order valence-electron chi connectivity index (χ0n) is 13.7. The first-order chi connectivity index (χ1) is 11.5. The van der Waals surface area contributed by atoms with Crippen LogP contribution in [0.5, 0.6) is 0 Å². The molecule has 0 aliphatic carbocycles. The van der Waals surface area contributed by atoms with Gasteiger partial charge in [0.05, 0.1) is 17.6 Å². The van der Waals surface area contributed by atoms with Gasteiger partial charge in [0, 0.05) is 17.2 Å². The van der Waals surface area contributed by atoms with Gasteiger partial charge in [-0.1, -0.05) is 43.3 Å². The van der Waals surface area contributed by atoms with Crippen molar-refractivity contribution in [3.8, 4) is 0 Å². The van der Waals surface area contributed by atoms with Gasteiger partial charge in [0.1, 0.15) is 0 Å². The lowest BCUT2D eigenvalue weighted by Gasteiger charge is -2.02. The molecule has 0 unspecified atom stereocenters. The number of amides is 1. The molecule has 124 valence electrons. The summed E-state index contributed by atoms with van der Waals surface area (Å²) in [6.45, 7) is 3.75. The minimum absolute atomic E-state index is 0.0290. The van der Waals surface area contributed by atoms with E-state index >= 15 is 0 Å². The number of nitro benzene ring substituents is 1. The van der Waals surface area contributed by atoms with Crippen LogP contribution in [-0.2, 0) is 17.6 Å². The van der Waals surface area contributed by atoms with E-state index in [2.05, 4.69) is 17.5 Å². The molecule has 1 amide bonds. The molecule has 0 heterocycles. The van der Waals surface area contributed by atoms with Crippen LogP contribution in [0.3, 0.4) is 0 Å². The third kappa shape index (κ3) is 4.74. The summed E-state index contributed by atoms with van der Waals surface area (Å²) in [5.41, 5.74) is 5.73. The highest BCUT2D eigenvalue weighted by Crippen LogP contribution is 2.18. The van der Waals surface area contributed by atoms with Crippen LogP contribution in [0.25, 0.3) is 0 Å². The van der Waals surface area contributed by atoms with Gasteiger partial charge in [0.25, 0.3) is 5.69 Å². The Morgan fingerprint density at radius 1 is 1.21 bits per heavy atom. The number of hydrazone groups is 1. The third-order valence-electron chi connectivity index (χ3n) is 3.63. The number of aryl methyl sites for hydroxylation is 2. The fraction of sp³-hybridized carbons (Fsp3) is 0.222. The molecule has 0 saturated heterocycles. The number of carbonyl (C=O) groups is 1. The second kappa shape index (κ2) is 8.01. The lowest BCUT2D eigenvalue weighted by Crippen LogP contribution is -2.19. The molecule has 2 aromatic rings. The number of hydrogen-bond acceptors (Lipinski definition) is 4. The molecule has 0 aliphatic rings. The van der Waals surface area contributed by atoms with Gasteiger partial charge >= 0.3 is 0 Å². The molecule has 0 aliphatic heterocycles. The van der Waals surface area contributed by atoms with Crippen LogP contribution in [0, 0.1) is 17.0 Å². The molecule has 0 saturated carbocycles. The van der Waals surface area contributed by atoms with Crippen LogP contribution in [0.4, 0.5) is 5.69 Å². The SMILES string of the molecule is CCc1ccc(CC(=O)N/N=C/c2ccc(C)c([N+](=O)[O-])c2)cc1. The van der Waals surface area contributed by atoms with Gasteiger partial charge in [-0.05, 0) is 24.5 Å². The van der Waals surface area contributed by atoms with Crippen molar-refractivity contribution in [1.29, 1.82) is 0 Å². The molecule has 0 aromatic heterocycles. The van der Waals surface area contributed by atoms with E-state index in [4.69, 9.17) is 0 Å². The van der Waals surface area contributed by atoms with Crippen molar-refractivity contribution in [3.05, 3.63) is 74.8 Å². The van der Waals surface area contributed by atoms with E-state index in [0.29, 0.717) is 11.1 Å². The molecule has 2 aromatic carbocycles. The first-order valence-electron chi connectivity index (χ1n) is 7.64. The van der Waals surface area contributed by atoms with E-state index in [9.17, 15) is 14.9 Å². The molecule has 0 fully saturated rings. The van der Waals surface area contributed by atoms with Crippen LogP contribution < -0.4 is 5.43 Å². The van der Waals surface area contributed by atoms with Crippen molar-refractivity contribution in [2.24, 2.45) is 5.10 Å². The Morgan fingerprint density at radius 2 is 1.88 bits per heavy atom. The Hall–Kier alpha value is -3.02. The normalized spacial score (nSPS) is 10.8. The van der Waals surface area contributed by atoms with Crippen molar-refractivity contribution in [2.75, 3.05) is 0 Å². The second-order valence-electron chi connectivity index (χ2n) is 5.44. The topological polar surface area (TPSA) is 84.6 Å². The summed E-state index contributed by atoms with van der Waals surface area (Å²) in [6.07, 6.45) is 2.58. The third-order valence-corrected chi connectivity index (χ3v) is 3.63. The molecular formula is C18H19N3O3. The van der Waals surface area contributed by atoms with E-state index in [0.717, 1.165) is 12.0 Å². The van der Waals surface area contributed by atoms with E-state index in [1.54, 1.807) is 19.1 Å². The van der Waals surface area contributed by atoms with Crippen LogP contribution in [0.1, 0.15) is 29.2 Å². The number of benzene rings is 2. The van der Waals surface area contributed by atoms with Gasteiger partial charge in [0.2, 0.25) is 5.91 Å². The summed E-state index contributed by atoms with van der Waals surface area (Å²) >= 11 is 0. The standard InChI is InChI=1S/C18H19N3O3/c1-3-14-6-8-15(9-7-14)11-18(22)20-19-12-16-5-4-13(2)17(10-16)21(23)24/h4-10,12H,3,11H2,1-2H3,(H,20,22)/b19-12+. The van der Waals surface area contributed by atoms with E-state index < -0.39 is 4.92 Å². The predicted molar refractivity (Wildman–Crippen MR) is 93.1 cm³/mol. The largest absolute Gasteiger partial charge is 0.273 e. The Bertz CT molecular complexity index is 768. The van der Waals surface area contributed by atoms with Gasteiger partial charge in [-0.25, -0.2) is 5.43 Å². The molecule has 2 rings (SSSR count). The molecule has 6 nitrogen and oxygen atoms in total. The summed E-state index contributed by atoms with van der Waals surface area (Å²) in [5.74, 6) is -0.239. The average molecular weight is 325 g/mol. The monoisotopic (exact) mass is 325 g/mol. The van der Waals surface area contributed by atoms with Gasteiger partial charge in [-0.3, -0.25) is 14.9 Å². The fourth-order valence-corrected chi connectivity index (χ4v) is 2.20. The number of nitrogens with zero attached hydrogens (tertiary/aromatic N) is 2. The lowest BCUT2D eigenvalue weighted by atomic mass is 10.1. The number of nitro groups is 1. The molecule has 0 radical (unpaired) electrons. The van der Waals surface area contributed by atoms with Gasteiger partial charge in [-0.15, -0.1) is 0 Å². The highest BCUT2D eigenvalue weighted by molar-refractivity contribution is 5.84. The summed E-state index contributed by atoms with van der Waals surface area (Å²) < 4.78 is 0. The Balaban J connectivity index is 1.94. The first-order valence-corrected chi connectivity index (χ1v) is 7.64. The predicted octanol–water partition coefficient (Wildman–Crippen LogP) is 3.16. The maximum Gasteiger partial charge on any atom is 0.272 e. The van der Waals surface area contributed by atoms with Crippen molar-refractivity contribution in [2.45, 2.75) is 26.7 Å². The highest BCUT2D eigenvalue weighted by Gasteiger charge is 2.10. The molecule has 24 heavy (non-hydrogen) atoms. The van der Waals surface area contributed by atoms with Crippen LogP contribution in [-0.4, -0.2) is 17.0 Å². The quantitative estimate of drug-likeness (QED) is 0.503. The summed E-state index contributed by atoms with van der Waals surface area (Å²) in [7, 11) is 0. The Kier molecular flexibility index (Phi) is 5.78. The summed E-state index contributed by atoms with van der Waals surface area (Å²) in [5, 5.41) is 14.8. The lowest BCUT2D eigenvalue weighted by molar-refractivity contribution is -0.385. The number of carbonyl (C=O) groups excluding carboxylic acids is 1. The zero-order chi connectivity index (χ0) is 17.5. The van der Waals surface area contributed by atoms with E-state index in [1.165, 1.54) is 17.8 Å². The van der Waals surface area contributed by atoms with Crippen LogP contribution in [0.2, 0.25) is 0 Å². The molecule has 1 N–H and O–H groups in total. The van der Waals surface area contributed by atoms with Gasteiger partial charge in [-0.2, -0.15) is 5.10 Å². The Labute approximate surface area is 140 Å². The second-order valence-corrected chi connectivity index (χ2v) is 5.44. The molecule has 6 heteroatoms. The zero-order valence-corrected chi connectivity index (χ0v) is 13.7. The smallest absolute Gasteiger partial charge is 0.272 e. The van der Waals surface area contributed by atoms with Crippen LogP contribution in [0.15, 0.2) is 47.6 Å². The van der Waals surface area contributed by atoms with Crippen molar-refractivity contribution in [1.82, 2.24) is 5.43 Å². The molecule has 0 bridgehead atoms. The number of nitrogens with one attached hydrogen (secondary N) is 1. The Morgan fingerprint density at radius 3 is 2.50 bits per heavy atom. The maximum absolute atomic E-state index is 11.9. The molecule has 0 atom stereocenters. The van der Waals surface area contributed by atoms with Crippen molar-refractivity contribution >= 4 is 17.8 Å². The van der Waals surface area contributed by atoms with Crippen LogP contribution >= 0.6 is 0 Å². The fourth-order valence-electron chi connectivity index (χ4n) is 2.20. The van der Waals surface area contributed by atoms with Crippen molar-refractivity contribution in [3.63, 3.8) is 0 Å². The maximum atomic E-state index is 11.9. The van der Waals surface area contributed by atoms with E-state index in [-0.39, 0.29) is 18.0 Å². The average Bonchev–Trinajstić information content (AvgIpc) is 2.57.